The van der Waals surface area contributed by atoms with Gasteiger partial charge in [0, 0.05) is 45.5 Å². The lowest BCUT2D eigenvalue weighted by Gasteiger charge is -2.20. The van der Waals surface area contributed by atoms with Gasteiger partial charge in [-0.1, -0.05) is 5.16 Å². The van der Waals surface area contributed by atoms with E-state index in [4.69, 9.17) is 8.94 Å². The van der Waals surface area contributed by atoms with Crippen LogP contribution < -0.4 is 0 Å². The zero-order valence-electron chi connectivity index (χ0n) is 15.2. The number of furan rings is 1. The third-order valence-electron chi connectivity index (χ3n) is 4.52. The molecule has 28 heavy (non-hydrogen) atoms. The van der Waals surface area contributed by atoms with Crippen LogP contribution in [-0.4, -0.2) is 64.4 Å². The van der Waals surface area contributed by atoms with E-state index in [-0.39, 0.29) is 29.7 Å². The Balaban J connectivity index is 1.46. The van der Waals surface area contributed by atoms with Gasteiger partial charge in [-0.15, -0.1) is 0 Å². The number of nitrogens with zero attached hydrogens (tertiary/aromatic N) is 5. The van der Waals surface area contributed by atoms with Gasteiger partial charge < -0.3 is 18.4 Å². The summed E-state index contributed by atoms with van der Waals surface area (Å²) in [6.45, 7) is 1.19. The molecule has 0 atom stereocenters. The Morgan fingerprint density at radius 3 is 2.75 bits per heavy atom. The molecule has 4 heterocycles. The molecule has 1 aliphatic rings. The molecule has 3 aromatic rings. The largest absolute Gasteiger partial charge is 0.461 e. The summed E-state index contributed by atoms with van der Waals surface area (Å²) >= 11 is 0. The normalized spacial score (nSPS) is 16.2. The first-order chi connectivity index (χ1) is 13.4. The van der Waals surface area contributed by atoms with E-state index in [0.717, 1.165) is 0 Å². The highest BCUT2D eigenvalue weighted by atomic mass is 32.2. The van der Waals surface area contributed by atoms with E-state index in [2.05, 4.69) is 10.1 Å². The molecule has 0 spiro atoms. The summed E-state index contributed by atoms with van der Waals surface area (Å²) in [6.07, 6.45) is 4.93. The van der Waals surface area contributed by atoms with Crippen molar-refractivity contribution in [1.29, 1.82) is 0 Å². The molecule has 0 N–H and O–H groups in total. The van der Waals surface area contributed by atoms with Gasteiger partial charge in [-0.3, -0.25) is 4.79 Å². The van der Waals surface area contributed by atoms with E-state index in [0.29, 0.717) is 31.0 Å². The van der Waals surface area contributed by atoms with E-state index < -0.39 is 10.0 Å². The van der Waals surface area contributed by atoms with Crippen molar-refractivity contribution in [3.63, 3.8) is 0 Å². The van der Waals surface area contributed by atoms with Crippen LogP contribution in [0.15, 0.2) is 51.0 Å². The number of carbonyl (C=O) groups is 1. The molecule has 1 amide bonds. The number of amides is 1. The lowest BCUT2D eigenvalue weighted by Crippen LogP contribution is -2.37. The molecule has 0 radical (unpaired) electrons. The average Bonchev–Trinajstić information content (AvgIpc) is 3.40. The van der Waals surface area contributed by atoms with Gasteiger partial charge in [-0.25, -0.2) is 13.4 Å². The van der Waals surface area contributed by atoms with Crippen molar-refractivity contribution in [3.8, 4) is 11.5 Å². The minimum absolute atomic E-state index is 0.00867. The van der Waals surface area contributed by atoms with E-state index in [1.165, 1.54) is 29.2 Å². The van der Waals surface area contributed by atoms with Crippen molar-refractivity contribution in [2.45, 2.75) is 11.4 Å². The Kier molecular flexibility index (Phi) is 4.77. The van der Waals surface area contributed by atoms with Gasteiger partial charge in [0.05, 0.1) is 12.6 Å². The number of aromatic nitrogens is 3. The predicted molar refractivity (Wildman–Crippen MR) is 96.7 cm³/mol. The molecule has 1 saturated heterocycles. The highest BCUT2D eigenvalue weighted by molar-refractivity contribution is 7.89. The first kappa shape index (κ1) is 18.4. The van der Waals surface area contributed by atoms with Crippen LogP contribution in [0.3, 0.4) is 0 Å². The molecule has 3 aromatic heterocycles. The van der Waals surface area contributed by atoms with Gasteiger partial charge in [0.25, 0.3) is 15.9 Å². The quantitative estimate of drug-likeness (QED) is 0.641. The Hall–Kier alpha value is -2.92. The Morgan fingerprint density at radius 1 is 1.18 bits per heavy atom. The van der Waals surface area contributed by atoms with Crippen molar-refractivity contribution in [2.75, 3.05) is 26.2 Å². The molecule has 4 rings (SSSR count). The summed E-state index contributed by atoms with van der Waals surface area (Å²) in [6, 6.07) is 4.94. The number of rotatable bonds is 4. The summed E-state index contributed by atoms with van der Waals surface area (Å²) < 4.78 is 38.8. The van der Waals surface area contributed by atoms with Gasteiger partial charge in [0.1, 0.15) is 0 Å². The van der Waals surface area contributed by atoms with Gasteiger partial charge >= 0.3 is 0 Å². The smallest absolute Gasteiger partial charge is 0.276 e. The second kappa shape index (κ2) is 7.24. The zero-order chi connectivity index (χ0) is 19.7. The van der Waals surface area contributed by atoms with E-state index in [1.807, 2.05) is 0 Å². The molecule has 0 aromatic carbocycles. The standard InChI is InChI=1S/C17H19N5O5S/c1-20-11-16(18-12-20)28(24,25)22-6-3-5-21(7-8-22)17(23)13-10-15(27-19-13)14-4-2-9-26-14/h2,4,9-12H,3,5-8H2,1H3. The topological polar surface area (TPSA) is 115 Å². The van der Waals surface area contributed by atoms with Crippen molar-refractivity contribution in [1.82, 2.24) is 23.9 Å². The highest BCUT2D eigenvalue weighted by Gasteiger charge is 2.30. The molecule has 0 saturated carbocycles. The van der Waals surface area contributed by atoms with E-state index in [9.17, 15) is 13.2 Å². The van der Waals surface area contributed by atoms with Crippen molar-refractivity contribution in [2.24, 2.45) is 7.05 Å². The molecular weight excluding hydrogens is 386 g/mol. The van der Waals surface area contributed by atoms with Crippen LogP contribution in [0.5, 0.6) is 0 Å². The second-order valence-electron chi connectivity index (χ2n) is 6.48. The van der Waals surface area contributed by atoms with Crippen molar-refractivity contribution in [3.05, 3.63) is 42.7 Å². The third-order valence-corrected chi connectivity index (χ3v) is 6.31. The Bertz CT molecular complexity index is 1070. The summed E-state index contributed by atoms with van der Waals surface area (Å²) in [4.78, 5) is 18.3. The minimum Gasteiger partial charge on any atom is -0.461 e. The number of imidazole rings is 1. The highest BCUT2D eigenvalue weighted by Crippen LogP contribution is 2.22. The molecule has 0 aliphatic carbocycles. The van der Waals surface area contributed by atoms with E-state index in [1.54, 1.807) is 28.6 Å². The van der Waals surface area contributed by atoms with Crippen LogP contribution in [0, 0.1) is 0 Å². The lowest BCUT2D eigenvalue weighted by molar-refractivity contribution is 0.0754. The monoisotopic (exact) mass is 405 g/mol. The van der Waals surface area contributed by atoms with Crippen LogP contribution in [0.2, 0.25) is 0 Å². The van der Waals surface area contributed by atoms with Gasteiger partial charge in [0.15, 0.2) is 16.5 Å². The lowest BCUT2D eigenvalue weighted by atomic mass is 10.3. The van der Waals surface area contributed by atoms with Gasteiger partial charge in [-0.05, 0) is 18.6 Å². The molecular formula is C17H19N5O5S. The molecule has 10 nitrogen and oxygen atoms in total. The molecule has 1 fully saturated rings. The predicted octanol–water partition coefficient (Wildman–Crippen LogP) is 1.20. The fourth-order valence-corrected chi connectivity index (χ4v) is 4.50. The minimum atomic E-state index is -3.69. The second-order valence-corrected chi connectivity index (χ2v) is 8.37. The molecule has 1 aliphatic heterocycles. The molecule has 148 valence electrons. The third kappa shape index (κ3) is 3.45. The zero-order valence-corrected chi connectivity index (χ0v) is 16.0. The summed E-state index contributed by atoms with van der Waals surface area (Å²) in [5.74, 6) is 0.538. The number of hydrogen-bond donors (Lipinski definition) is 0. The molecule has 0 unspecified atom stereocenters. The summed E-state index contributed by atoms with van der Waals surface area (Å²) in [5.41, 5.74) is 0.160. The van der Waals surface area contributed by atoms with Crippen molar-refractivity contribution < 1.29 is 22.2 Å². The van der Waals surface area contributed by atoms with Crippen LogP contribution in [0.1, 0.15) is 16.9 Å². The average molecular weight is 405 g/mol. The Labute approximate surface area is 161 Å². The first-order valence-electron chi connectivity index (χ1n) is 8.73. The van der Waals surface area contributed by atoms with Crippen LogP contribution in [0.25, 0.3) is 11.5 Å². The van der Waals surface area contributed by atoms with Crippen LogP contribution in [0.4, 0.5) is 0 Å². The molecule has 0 bridgehead atoms. The number of aryl methyl sites for hydroxylation is 1. The SMILES string of the molecule is Cn1cnc(S(=O)(=O)N2CCCN(C(=O)c3cc(-c4ccco4)on3)CC2)c1. The fourth-order valence-electron chi connectivity index (χ4n) is 3.06. The first-order valence-corrected chi connectivity index (χ1v) is 10.2. The van der Waals surface area contributed by atoms with Crippen LogP contribution in [-0.2, 0) is 17.1 Å². The number of carbonyl (C=O) groups excluding carboxylic acids is 1. The van der Waals surface area contributed by atoms with Crippen molar-refractivity contribution >= 4 is 15.9 Å². The number of hydrogen-bond acceptors (Lipinski definition) is 7. The fraction of sp³-hybridized carbons (Fsp3) is 0.353. The number of sulfonamides is 1. The maximum atomic E-state index is 12.8. The maximum Gasteiger partial charge on any atom is 0.276 e. The van der Waals surface area contributed by atoms with E-state index >= 15 is 0 Å². The summed E-state index contributed by atoms with van der Waals surface area (Å²) in [7, 11) is -1.97. The molecule has 11 heteroatoms. The van der Waals surface area contributed by atoms with Gasteiger partial charge in [0.2, 0.25) is 5.76 Å². The van der Waals surface area contributed by atoms with Gasteiger partial charge in [-0.2, -0.15) is 4.31 Å². The summed E-state index contributed by atoms with van der Waals surface area (Å²) in [5, 5.41) is 3.83. The maximum absolute atomic E-state index is 12.8. The van der Waals surface area contributed by atoms with Crippen LogP contribution >= 0.6 is 0 Å². The Morgan fingerprint density at radius 2 is 2.04 bits per heavy atom.